The molecule has 4 rings (SSSR count). The predicted molar refractivity (Wildman–Crippen MR) is 80.9 cm³/mol. The van der Waals surface area contributed by atoms with Gasteiger partial charge in [-0.05, 0) is 17.5 Å². The number of amides is 1. The molecule has 1 saturated heterocycles. The molecule has 114 valence electrons. The summed E-state index contributed by atoms with van der Waals surface area (Å²) >= 11 is 0. The van der Waals surface area contributed by atoms with Crippen LogP contribution in [0.3, 0.4) is 0 Å². The highest BCUT2D eigenvalue weighted by Crippen LogP contribution is 2.24. The molecule has 3 heterocycles. The first-order valence-electron chi connectivity index (χ1n) is 7.70. The van der Waals surface area contributed by atoms with Gasteiger partial charge in [-0.2, -0.15) is 5.10 Å². The van der Waals surface area contributed by atoms with Crippen LogP contribution in [-0.2, 0) is 24.3 Å². The van der Waals surface area contributed by atoms with Crippen LogP contribution in [0.1, 0.15) is 11.1 Å². The average molecular weight is 297 g/mol. The van der Waals surface area contributed by atoms with Gasteiger partial charge in [-0.25, -0.2) is 9.67 Å². The number of carbonyl (C=O) groups excluding carboxylic acids is 1. The Morgan fingerprint density at radius 1 is 1.23 bits per heavy atom. The summed E-state index contributed by atoms with van der Waals surface area (Å²) in [5.74, 6) is 0.124. The number of benzene rings is 1. The molecule has 0 saturated carbocycles. The molecule has 0 atom stereocenters. The Kier molecular flexibility index (Phi) is 3.38. The first-order valence-corrected chi connectivity index (χ1v) is 7.70. The third-order valence-corrected chi connectivity index (χ3v) is 4.66. The largest absolute Gasteiger partial charge is 0.338 e. The number of hydrogen-bond donors (Lipinski definition) is 0. The Balaban J connectivity index is 1.31. The summed E-state index contributed by atoms with van der Waals surface area (Å²) in [6, 6.07) is 9.15. The van der Waals surface area contributed by atoms with Crippen molar-refractivity contribution in [2.24, 2.45) is 0 Å². The van der Waals surface area contributed by atoms with Crippen LogP contribution in [0, 0.1) is 0 Å². The highest BCUT2D eigenvalue weighted by Gasteiger charge is 2.35. The van der Waals surface area contributed by atoms with Gasteiger partial charge in [0.15, 0.2) is 0 Å². The van der Waals surface area contributed by atoms with E-state index in [2.05, 4.69) is 39.2 Å². The molecule has 2 aromatic rings. The molecule has 0 spiro atoms. The zero-order chi connectivity index (χ0) is 14.9. The zero-order valence-electron chi connectivity index (χ0n) is 12.4. The Morgan fingerprint density at radius 3 is 2.82 bits per heavy atom. The monoisotopic (exact) mass is 297 g/mol. The van der Waals surface area contributed by atoms with Gasteiger partial charge in [0.1, 0.15) is 19.2 Å². The van der Waals surface area contributed by atoms with Crippen LogP contribution in [0.2, 0.25) is 0 Å². The summed E-state index contributed by atoms with van der Waals surface area (Å²) in [7, 11) is 0. The van der Waals surface area contributed by atoms with Crippen molar-refractivity contribution in [2.75, 3.05) is 19.6 Å². The molecule has 0 bridgehead atoms. The van der Waals surface area contributed by atoms with Gasteiger partial charge >= 0.3 is 0 Å². The van der Waals surface area contributed by atoms with E-state index in [0.29, 0.717) is 6.04 Å². The Labute approximate surface area is 129 Å². The standard InChI is InChI=1S/C16H19N5O/c22-16(10-21-12-17-11-18-21)20-8-15(9-20)19-6-5-13-3-1-2-4-14(13)7-19/h1-4,11-12,15H,5-10H2. The molecule has 1 fully saturated rings. The maximum atomic E-state index is 12.1. The number of fused-ring (bicyclic) bond motifs is 1. The maximum Gasteiger partial charge on any atom is 0.244 e. The Morgan fingerprint density at radius 2 is 2.05 bits per heavy atom. The zero-order valence-corrected chi connectivity index (χ0v) is 12.4. The van der Waals surface area contributed by atoms with Gasteiger partial charge in [0.05, 0.1) is 0 Å². The molecular formula is C16H19N5O. The van der Waals surface area contributed by atoms with Gasteiger partial charge < -0.3 is 4.90 Å². The molecule has 1 aromatic heterocycles. The second kappa shape index (κ2) is 5.53. The summed E-state index contributed by atoms with van der Waals surface area (Å²) in [4.78, 5) is 20.4. The van der Waals surface area contributed by atoms with Crippen LogP contribution in [0.25, 0.3) is 0 Å². The molecule has 2 aliphatic rings. The third-order valence-electron chi connectivity index (χ3n) is 4.66. The summed E-state index contributed by atoms with van der Waals surface area (Å²) < 4.78 is 1.58. The molecule has 0 aliphatic carbocycles. The van der Waals surface area contributed by atoms with E-state index < -0.39 is 0 Å². The van der Waals surface area contributed by atoms with Crippen molar-refractivity contribution < 1.29 is 4.79 Å². The van der Waals surface area contributed by atoms with Crippen molar-refractivity contribution in [1.29, 1.82) is 0 Å². The van der Waals surface area contributed by atoms with Crippen molar-refractivity contribution in [3.8, 4) is 0 Å². The molecule has 0 radical (unpaired) electrons. The number of rotatable bonds is 3. The normalized spacial score (nSPS) is 18.8. The van der Waals surface area contributed by atoms with E-state index in [-0.39, 0.29) is 12.5 Å². The fourth-order valence-electron chi connectivity index (χ4n) is 3.27. The van der Waals surface area contributed by atoms with E-state index in [1.54, 1.807) is 11.0 Å². The number of aromatic nitrogens is 3. The minimum Gasteiger partial charge on any atom is -0.338 e. The van der Waals surface area contributed by atoms with Crippen molar-refractivity contribution in [2.45, 2.75) is 25.6 Å². The minimum atomic E-state index is 0.124. The fourth-order valence-corrected chi connectivity index (χ4v) is 3.27. The molecule has 6 nitrogen and oxygen atoms in total. The van der Waals surface area contributed by atoms with Crippen molar-refractivity contribution in [3.63, 3.8) is 0 Å². The first kappa shape index (κ1) is 13.5. The lowest BCUT2D eigenvalue weighted by atomic mass is 9.96. The second-order valence-corrected chi connectivity index (χ2v) is 6.03. The topological polar surface area (TPSA) is 54.3 Å². The van der Waals surface area contributed by atoms with E-state index in [9.17, 15) is 4.79 Å². The van der Waals surface area contributed by atoms with Gasteiger partial charge in [0.2, 0.25) is 5.91 Å². The van der Waals surface area contributed by atoms with E-state index in [1.807, 2.05) is 4.90 Å². The number of likely N-dealkylation sites (tertiary alicyclic amines) is 1. The van der Waals surface area contributed by atoms with Crippen LogP contribution >= 0.6 is 0 Å². The van der Waals surface area contributed by atoms with E-state index in [1.165, 1.54) is 17.5 Å². The molecule has 0 unspecified atom stereocenters. The molecule has 6 heteroatoms. The maximum absolute atomic E-state index is 12.1. The highest BCUT2D eigenvalue weighted by atomic mass is 16.2. The van der Waals surface area contributed by atoms with Crippen LogP contribution in [0.15, 0.2) is 36.9 Å². The van der Waals surface area contributed by atoms with Crippen LogP contribution in [0.4, 0.5) is 0 Å². The summed E-state index contributed by atoms with van der Waals surface area (Å²) in [6.07, 6.45) is 4.15. The molecule has 1 aromatic carbocycles. The fraction of sp³-hybridized carbons (Fsp3) is 0.438. The predicted octanol–water partition coefficient (Wildman–Crippen LogP) is 0.547. The van der Waals surface area contributed by atoms with E-state index in [0.717, 1.165) is 32.6 Å². The average Bonchev–Trinajstić information content (AvgIpc) is 2.98. The number of nitrogens with zero attached hydrogens (tertiary/aromatic N) is 5. The Hall–Kier alpha value is -2.21. The number of hydrogen-bond acceptors (Lipinski definition) is 4. The van der Waals surface area contributed by atoms with Crippen molar-refractivity contribution >= 4 is 5.91 Å². The smallest absolute Gasteiger partial charge is 0.244 e. The van der Waals surface area contributed by atoms with Gasteiger partial charge in [-0.15, -0.1) is 0 Å². The highest BCUT2D eigenvalue weighted by molar-refractivity contribution is 5.76. The lowest BCUT2D eigenvalue weighted by Gasteiger charge is -2.46. The lowest BCUT2D eigenvalue weighted by Crippen LogP contribution is -2.62. The van der Waals surface area contributed by atoms with Gasteiger partial charge in [-0.1, -0.05) is 24.3 Å². The molecular weight excluding hydrogens is 278 g/mol. The molecule has 1 amide bonds. The molecule has 0 N–H and O–H groups in total. The van der Waals surface area contributed by atoms with E-state index in [4.69, 9.17) is 0 Å². The summed E-state index contributed by atoms with van der Waals surface area (Å²) in [5, 5.41) is 3.98. The van der Waals surface area contributed by atoms with E-state index >= 15 is 0 Å². The van der Waals surface area contributed by atoms with Crippen LogP contribution < -0.4 is 0 Å². The summed E-state index contributed by atoms with van der Waals surface area (Å²) in [5.41, 5.74) is 2.90. The van der Waals surface area contributed by atoms with Crippen LogP contribution in [-0.4, -0.2) is 56.1 Å². The van der Waals surface area contributed by atoms with Crippen molar-refractivity contribution in [3.05, 3.63) is 48.0 Å². The third kappa shape index (κ3) is 2.50. The van der Waals surface area contributed by atoms with Crippen LogP contribution in [0.5, 0.6) is 0 Å². The quantitative estimate of drug-likeness (QED) is 0.830. The first-order chi connectivity index (χ1) is 10.8. The lowest BCUT2D eigenvalue weighted by molar-refractivity contribution is -0.139. The number of carbonyl (C=O) groups is 1. The van der Waals surface area contributed by atoms with Gasteiger partial charge in [-0.3, -0.25) is 9.69 Å². The molecule has 2 aliphatic heterocycles. The molecule has 22 heavy (non-hydrogen) atoms. The SMILES string of the molecule is O=C(Cn1cncn1)N1CC(N2CCc3ccccc3C2)C1. The van der Waals surface area contributed by atoms with Gasteiger partial charge in [0.25, 0.3) is 0 Å². The summed E-state index contributed by atoms with van der Waals surface area (Å²) in [6.45, 7) is 4.04. The second-order valence-electron chi connectivity index (χ2n) is 6.03. The Bertz CT molecular complexity index is 663. The minimum absolute atomic E-state index is 0.124. The van der Waals surface area contributed by atoms with Gasteiger partial charge in [0, 0.05) is 32.2 Å². The van der Waals surface area contributed by atoms with Crippen molar-refractivity contribution in [1.82, 2.24) is 24.6 Å².